The number of carbonyl (C=O) groups excluding carboxylic acids is 1. The number of para-hydroxylation sites is 2. The number of rotatable bonds is 8. The van der Waals surface area contributed by atoms with Gasteiger partial charge in [-0.2, -0.15) is 5.10 Å². The molecule has 4 rings (SSSR count). The zero-order valence-electron chi connectivity index (χ0n) is 17.1. The summed E-state index contributed by atoms with van der Waals surface area (Å²) in [5, 5.41) is 11.3. The number of fused-ring (bicyclic) bond motifs is 1. The second-order valence-corrected chi connectivity index (χ2v) is 6.82. The number of carbonyl (C=O) groups is 1. The van der Waals surface area contributed by atoms with Crippen LogP contribution in [0.1, 0.15) is 5.56 Å². The molecule has 2 aromatic heterocycles. The lowest BCUT2D eigenvalue weighted by atomic mass is 10.2. The van der Waals surface area contributed by atoms with Crippen LogP contribution in [0.4, 0.5) is 10.5 Å². The van der Waals surface area contributed by atoms with E-state index in [2.05, 4.69) is 20.7 Å². The van der Waals surface area contributed by atoms with Crippen molar-refractivity contribution in [1.82, 2.24) is 20.1 Å². The SMILES string of the molecule is COCCOc1ccccc1-n1cc2ccc(NC(=O)NCc3ccncc3)cc2n1. The molecule has 2 N–H and O–H groups in total. The Bertz CT molecular complexity index is 1160. The van der Waals surface area contributed by atoms with E-state index < -0.39 is 0 Å². The first-order chi connectivity index (χ1) is 15.2. The molecule has 158 valence electrons. The van der Waals surface area contributed by atoms with Gasteiger partial charge in [0.2, 0.25) is 0 Å². The maximum absolute atomic E-state index is 12.2. The Morgan fingerprint density at radius 1 is 1.06 bits per heavy atom. The second kappa shape index (κ2) is 9.73. The largest absolute Gasteiger partial charge is 0.489 e. The number of nitrogens with zero attached hydrogens (tertiary/aromatic N) is 3. The third-order valence-electron chi connectivity index (χ3n) is 4.62. The number of anilines is 1. The van der Waals surface area contributed by atoms with E-state index in [0.29, 0.717) is 25.4 Å². The molecule has 2 aromatic carbocycles. The number of hydrogen-bond donors (Lipinski definition) is 2. The van der Waals surface area contributed by atoms with Crippen molar-refractivity contribution in [2.45, 2.75) is 6.54 Å². The molecular weight excluding hydrogens is 394 g/mol. The molecule has 0 aliphatic carbocycles. The molecule has 0 bridgehead atoms. The maximum Gasteiger partial charge on any atom is 0.319 e. The first-order valence-corrected chi connectivity index (χ1v) is 9.87. The molecule has 0 radical (unpaired) electrons. The molecule has 2 amide bonds. The standard InChI is InChI=1S/C23H23N5O3/c1-30-12-13-31-22-5-3-2-4-21(22)28-16-18-6-7-19(14-20(18)27-28)26-23(29)25-15-17-8-10-24-11-9-17/h2-11,14,16H,12-13,15H2,1H3,(H2,25,26,29). The summed E-state index contributed by atoms with van der Waals surface area (Å²) in [4.78, 5) is 16.2. The lowest BCUT2D eigenvalue weighted by molar-refractivity contribution is 0.146. The highest BCUT2D eigenvalue weighted by atomic mass is 16.5. The smallest absolute Gasteiger partial charge is 0.319 e. The number of amides is 2. The summed E-state index contributed by atoms with van der Waals surface area (Å²) < 4.78 is 12.6. The van der Waals surface area contributed by atoms with Crippen molar-refractivity contribution in [1.29, 1.82) is 0 Å². The van der Waals surface area contributed by atoms with E-state index in [4.69, 9.17) is 9.47 Å². The van der Waals surface area contributed by atoms with Crippen molar-refractivity contribution in [3.05, 3.63) is 78.8 Å². The first kappa shape index (κ1) is 20.4. The number of pyridine rings is 1. The molecule has 4 aromatic rings. The minimum Gasteiger partial charge on any atom is -0.489 e. The number of ether oxygens (including phenoxy) is 2. The van der Waals surface area contributed by atoms with E-state index in [1.807, 2.05) is 60.8 Å². The van der Waals surface area contributed by atoms with Gasteiger partial charge in [-0.15, -0.1) is 0 Å². The van der Waals surface area contributed by atoms with E-state index in [-0.39, 0.29) is 6.03 Å². The Hall–Kier alpha value is -3.91. The average Bonchev–Trinajstić information content (AvgIpc) is 3.22. The van der Waals surface area contributed by atoms with Gasteiger partial charge >= 0.3 is 6.03 Å². The molecular formula is C23H23N5O3. The van der Waals surface area contributed by atoms with Crippen LogP contribution in [-0.2, 0) is 11.3 Å². The highest BCUT2D eigenvalue weighted by molar-refractivity contribution is 5.92. The van der Waals surface area contributed by atoms with Crippen LogP contribution >= 0.6 is 0 Å². The summed E-state index contributed by atoms with van der Waals surface area (Å²) in [5.74, 6) is 0.723. The van der Waals surface area contributed by atoms with Gasteiger partial charge in [0.25, 0.3) is 0 Å². The Morgan fingerprint density at radius 3 is 2.74 bits per heavy atom. The molecule has 0 aliphatic rings. The zero-order chi connectivity index (χ0) is 21.5. The number of benzene rings is 2. The fraction of sp³-hybridized carbons (Fsp3) is 0.174. The van der Waals surface area contributed by atoms with Crippen molar-refractivity contribution < 1.29 is 14.3 Å². The van der Waals surface area contributed by atoms with E-state index in [0.717, 1.165) is 27.9 Å². The highest BCUT2D eigenvalue weighted by Gasteiger charge is 2.10. The summed E-state index contributed by atoms with van der Waals surface area (Å²) in [6, 6.07) is 16.7. The Labute approximate surface area is 179 Å². The summed E-state index contributed by atoms with van der Waals surface area (Å²) in [6.45, 7) is 1.38. The van der Waals surface area contributed by atoms with Crippen molar-refractivity contribution in [3.63, 3.8) is 0 Å². The lowest BCUT2D eigenvalue weighted by Gasteiger charge is -2.10. The predicted molar refractivity (Wildman–Crippen MR) is 119 cm³/mol. The van der Waals surface area contributed by atoms with Crippen LogP contribution in [0.15, 0.2) is 73.2 Å². The van der Waals surface area contributed by atoms with Gasteiger partial charge in [-0.25, -0.2) is 9.48 Å². The van der Waals surface area contributed by atoms with Crippen molar-refractivity contribution in [3.8, 4) is 11.4 Å². The highest BCUT2D eigenvalue weighted by Crippen LogP contribution is 2.25. The minimum atomic E-state index is -0.285. The minimum absolute atomic E-state index is 0.285. The van der Waals surface area contributed by atoms with E-state index in [9.17, 15) is 4.79 Å². The zero-order valence-corrected chi connectivity index (χ0v) is 17.1. The lowest BCUT2D eigenvalue weighted by Crippen LogP contribution is -2.28. The normalized spacial score (nSPS) is 10.7. The Balaban J connectivity index is 1.47. The molecule has 0 atom stereocenters. The molecule has 8 heteroatoms. The fourth-order valence-electron chi connectivity index (χ4n) is 3.08. The van der Waals surface area contributed by atoms with E-state index >= 15 is 0 Å². The summed E-state index contributed by atoms with van der Waals surface area (Å²) in [7, 11) is 1.64. The first-order valence-electron chi connectivity index (χ1n) is 9.87. The summed E-state index contributed by atoms with van der Waals surface area (Å²) in [5.41, 5.74) is 3.23. The summed E-state index contributed by atoms with van der Waals surface area (Å²) >= 11 is 0. The number of hydrogen-bond acceptors (Lipinski definition) is 5. The van der Waals surface area contributed by atoms with Gasteiger partial charge in [0.15, 0.2) is 0 Å². The number of nitrogens with one attached hydrogen (secondary N) is 2. The molecule has 31 heavy (non-hydrogen) atoms. The Kier molecular flexibility index (Phi) is 6.39. The number of urea groups is 1. The van der Waals surface area contributed by atoms with Crippen LogP contribution in [0, 0.1) is 0 Å². The van der Waals surface area contributed by atoms with Crippen LogP contribution in [-0.4, -0.2) is 41.1 Å². The molecule has 8 nitrogen and oxygen atoms in total. The fourth-order valence-corrected chi connectivity index (χ4v) is 3.08. The van der Waals surface area contributed by atoms with Gasteiger partial charge in [0.05, 0.1) is 12.1 Å². The third kappa shape index (κ3) is 5.18. The average molecular weight is 417 g/mol. The maximum atomic E-state index is 12.2. The van der Waals surface area contributed by atoms with Crippen LogP contribution in [0.2, 0.25) is 0 Å². The Morgan fingerprint density at radius 2 is 1.90 bits per heavy atom. The third-order valence-corrected chi connectivity index (χ3v) is 4.62. The van der Waals surface area contributed by atoms with Crippen LogP contribution in [0.3, 0.4) is 0 Å². The number of aromatic nitrogens is 3. The van der Waals surface area contributed by atoms with Crippen molar-refractivity contribution in [2.24, 2.45) is 0 Å². The molecule has 0 fully saturated rings. The van der Waals surface area contributed by atoms with Crippen LogP contribution in [0.25, 0.3) is 16.6 Å². The van der Waals surface area contributed by atoms with Crippen LogP contribution in [0.5, 0.6) is 5.75 Å². The molecule has 0 saturated carbocycles. The molecule has 2 heterocycles. The second-order valence-electron chi connectivity index (χ2n) is 6.82. The molecule has 0 unspecified atom stereocenters. The molecule has 0 spiro atoms. The van der Waals surface area contributed by atoms with Crippen LogP contribution < -0.4 is 15.4 Å². The van der Waals surface area contributed by atoms with Gasteiger partial charge in [-0.05, 0) is 48.0 Å². The van der Waals surface area contributed by atoms with Gasteiger partial charge < -0.3 is 20.1 Å². The monoisotopic (exact) mass is 417 g/mol. The van der Waals surface area contributed by atoms with Gasteiger partial charge in [0.1, 0.15) is 18.0 Å². The van der Waals surface area contributed by atoms with Gasteiger partial charge in [-0.1, -0.05) is 12.1 Å². The van der Waals surface area contributed by atoms with E-state index in [1.165, 1.54) is 0 Å². The number of methoxy groups -OCH3 is 1. The van der Waals surface area contributed by atoms with Crippen molar-refractivity contribution in [2.75, 3.05) is 25.6 Å². The topological polar surface area (TPSA) is 90.3 Å². The van der Waals surface area contributed by atoms with E-state index in [1.54, 1.807) is 24.2 Å². The van der Waals surface area contributed by atoms with Gasteiger partial charge in [0, 0.05) is 43.3 Å². The van der Waals surface area contributed by atoms with Gasteiger partial charge in [-0.3, -0.25) is 4.98 Å². The molecule has 0 saturated heterocycles. The predicted octanol–water partition coefficient (Wildman–Crippen LogP) is 3.77. The molecule has 0 aliphatic heterocycles. The van der Waals surface area contributed by atoms with Crippen molar-refractivity contribution >= 4 is 22.6 Å². The summed E-state index contributed by atoms with van der Waals surface area (Å²) in [6.07, 6.45) is 5.32. The quantitative estimate of drug-likeness (QED) is 0.426.